The number of rotatable bonds is 5. The van der Waals surface area contributed by atoms with Crippen LogP contribution in [-0.4, -0.2) is 55.4 Å². The zero-order valence-electron chi connectivity index (χ0n) is 12.1. The van der Waals surface area contributed by atoms with Crippen LogP contribution >= 0.6 is 15.9 Å². The molecular weight excluding hydrogens is 288 g/mol. The van der Waals surface area contributed by atoms with E-state index in [1.54, 1.807) is 0 Å². The number of piperidine rings is 1. The van der Waals surface area contributed by atoms with Gasteiger partial charge in [-0.3, -0.25) is 0 Å². The maximum absolute atomic E-state index is 3.77. The molecule has 0 N–H and O–H groups in total. The normalized spacial score (nSPS) is 26.0. The highest BCUT2D eigenvalue weighted by Gasteiger charge is 2.35. The second-order valence-electron chi connectivity index (χ2n) is 6.82. The molecule has 0 aromatic carbocycles. The fourth-order valence-corrected chi connectivity index (χ4v) is 4.51. The van der Waals surface area contributed by atoms with Crippen LogP contribution in [0.4, 0.5) is 0 Å². The van der Waals surface area contributed by atoms with Crippen molar-refractivity contribution >= 4 is 15.9 Å². The molecule has 0 radical (unpaired) electrons. The average molecular weight is 317 g/mol. The van der Waals surface area contributed by atoms with Crippen LogP contribution in [0.5, 0.6) is 0 Å². The molecule has 18 heavy (non-hydrogen) atoms. The average Bonchev–Trinajstić information content (AvgIpc) is 2.80. The molecule has 2 rings (SSSR count). The van der Waals surface area contributed by atoms with Crippen LogP contribution in [0.3, 0.4) is 0 Å². The summed E-state index contributed by atoms with van der Waals surface area (Å²) in [5.74, 6) is 0.930. The van der Waals surface area contributed by atoms with Crippen LogP contribution in [0.15, 0.2) is 0 Å². The van der Waals surface area contributed by atoms with Crippen molar-refractivity contribution in [3.05, 3.63) is 0 Å². The van der Waals surface area contributed by atoms with E-state index in [4.69, 9.17) is 0 Å². The minimum atomic E-state index is 0.606. The molecule has 0 atom stereocenters. The Balaban J connectivity index is 1.76. The number of hydrogen-bond acceptors (Lipinski definition) is 2. The van der Waals surface area contributed by atoms with E-state index in [1.807, 2.05) is 0 Å². The molecule has 1 saturated heterocycles. The van der Waals surface area contributed by atoms with Crippen LogP contribution in [0.2, 0.25) is 0 Å². The van der Waals surface area contributed by atoms with E-state index in [0.717, 1.165) is 5.92 Å². The molecule has 0 bridgehead atoms. The van der Waals surface area contributed by atoms with Gasteiger partial charge in [0, 0.05) is 18.4 Å². The smallest absolute Gasteiger partial charge is 0.0100 e. The first-order chi connectivity index (χ1) is 8.63. The van der Waals surface area contributed by atoms with Crippen LogP contribution in [0.1, 0.15) is 38.5 Å². The van der Waals surface area contributed by atoms with Crippen molar-refractivity contribution < 1.29 is 0 Å². The van der Waals surface area contributed by atoms with Gasteiger partial charge in [-0.2, -0.15) is 0 Å². The standard InChI is InChI=1S/C15H29BrN2/c1-17(2)11-14-5-9-18(10-6-14)13-15(12-16)7-3-4-8-15/h14H,3-13H2,1-2H3. The third kappa shape index (κ3) is 3.94. The Bertz CT molecular complexity index is 241. The minimum absolute atomic E-state index is 0.606. The van der Waals surface area contributed by atoms with Gasteiger partial charge in [-0.15, -0.1) is 0 Å². The van der Waals surface area contributed by atoms with Crippen molar-refractivity contribution in [2.45, 2.75) is 38.5 Å². The highest BCUT2D eigenvalue weighted by atomic mass is 79.9. The Hall–Kier alpha value is 0.400. The van der Waals surface area contributed by atoms with E-state index in [0.29, 0.717) is 5.41 Å². The molecule has 106 valence electrons. The van der Waals surface area contributed by atoms with Gasteiger partial charge in [-0.25, -0.2) is 0 Å². The Kier molecular flexibility index (Phi) is 5.52. The first-order valence-corrected chi connectivity index (χ1v) is 8.69. The minimum Gasteiger partial charge on any atom is -0.309 e. The van der Waals surface area contributed by atoms with Crippen LogP contribution in [-0.2, 0) is 0 Å². The van der Waals surface area contributed by atoms with Crippen molar-refractivity contribution in [2.24, 2.45) is 11.3 Å². The van der Waals surface area contributed by atoms with Gasteiger partial charge in [0.1, 0.15) is 0 Å². The summed E-state index contributed by atoms with van der Waals surface area (Å²) < 4.78 is 0. The quantitative estimate of drug-likeness (QED) is 0.719. The Labute approximate surface area is 121 Å². The van der Waals surface area contributed by atoms with Crippen molar-refractivity contribution in [3.63, 3.8) is 0 Å². The molecule has 1 heterocycles. The van der Waals surface area contributed by atoms with Crippen molar-refractivity contribution in [1.82, 2.24) is 9.80 Å². The highest BCUT2D eigenvalue weighted by molar-refractivity contribution is 9.09. The third-order valence-electron chi connectivity index (χ3n) is 4.84. The lowest BCUT2D eigenvalue weighted by Crippen LogP contribution is -2.43. The van der Waals surface area contributed by atoms with Gasteiger partial charge in [0.25, 0.3) is 0 Å². The molecule has 2 fully saturated rings. The van der Waals surface area contributed by atoms with Gasteiger partial charge in [-0.1, -0.05) is 28.8 Å². The summed E-state index contributed by atoms with van der Waals surface area (Å²) in [5, 5.41) is 1.21. The molecule has 1 aliphatic carbocycles. The summed E-state index contributed by atoms with van der Waals surface area (Å²) in [6, 6.07) is 0. The summed E-state index contributed by atoms with van der Waals surface area (Å²) in [7, 11) is 4.40. The van der Waals surface area contributed by atoms with Gasteiger partial charge < -0.3 is 9.80 Å². The largest absolute Gasteiger partial charge is 0.309 e. The van der Waals surface area contributed by atoms with Crippen LogP contribution in [0.25, 0.3) is 0 Å². The Morgan fingerprint density at radius 2 is 1.78 bits per heavy atom. The van der Waals surface area contributed by atoms with E-state index in [-0.39, 0.29) is 0 Å². The molecule has 0 amide bonds. The van der Waals surface area contributed by atoms with Crippen molar-refractivity contribution in [1.29, 1.82) is 0 Å². The first-order valence-electron chi connectivity index (χ1n) is 7.57. The summed E-state index contributed by atoms with van der Waals surface area (Å²) in [6.45, 7) is 5.27. The Morgan fingerprint density at radius 1 is 1.17 bits per heavy atom. The van der Waals surface area contributed by atoms with E-state index >= 15 is 0 Å². The zero-order valence-corrected chi connectivity index (χ0v) is 13.7. The second kappa shape index (κ2) is 6.71. The fraction of sp³-hybridized carbons (Fsp3) is 1.00. The first kappa shape index (κ1) is 14.8. The summed E-state index contributed by atoms with van der Waals surface area (Å²) in [5.41, 5.74) is 0.606. The maximum Gasteiger partial charge on any atom is 0.0100 e. The van der Waals surface area contributed by atoms with Gasteiger partial charge in [0.15, 0.2) is 0 Å². The second-order valence-corrected chi connectivity index (χ2v) is 7.38. The number of likely N-dealkylation sites (tertiary alicyclic amines) is 1. The molecule has 1 aliphatic heterocycles. The monoisotopic (exact) mass is 316 g/mol. The summed E-state index contributed by atoms with van der Waals surface area (Å²) >= 11 is 3.77. The van der Waals surface area contributed by atoms with Gasteiger partial charge in [0.2, 0.25) is 0 Å². The number of nitrogens with zero attached hydrogens (tertiary/aromatic N) is 2. The number of alkyl halides is 1. The summed E-state index contributed by atoms with van der Waals surface area (Å²) in [6.07, 6.45) is 8.57. The molecule has 0 aromatic rings. The highest BCUT2D eigenvalue weighted by Crippen LogP contribution is 2.40. The molecule has 0 aromatic heterocycles. The zero-order chi connectivity index (χ0) is 13.0. The van der Waals surface area contributed by atoms with Gasteiger partial charge in [0.05, 0.1) is 0 Å². The maximum atomic E-state index is 3.77. The van der Waals surface area contributed by atoms with E-state index < -0.39 is 0 Å². The predicted octanol–water partition coefficient (Wildman–Crippen LogP) is 3.22. The molecule has 2 aliphatic rings. The third-order valence-corrected chi connectivity index (χ3v) is 6.03. The molecule has 1 saturated carbocycles. The lowest BCUT2D eigenvalue weighted by molar-refractivity contribution is 0.115. The topological polar surface area (TPSA) is 6.48 Å². The van der Waals surface area contributed by atoms with Crippen LogP contribution in [0, 0.1) is 11.3 Å². The molecular formula is C15H29BrN2. The van der Waals surface area contributed by atoms with Crippen LogP contribution < -0.4 is 0 Å². The number of hydrogen-bond donors (Lipinski definition) is 0. The molecule has 0 spiro atoms. The molecule has 2 nitrogen and oxygen atoms in total. The van der Waals surface area contributed by atoms with Crippen molar-refractivity contribution in [2.75, 3.05) is 45.6 Å². The van der Waals surface area contributed by atoms with Gasteiger partial charge >= 0.3 is 0 Å². The fourth-order valence-electron chi connectivity index (χ4n) is 3.78. The van der Waals surface area contributed by atoms with E-state index in [2.05, 4.69) is 39.8 Å². The lowest BCUT2D eigenvalue weighted by Gasteiger charge is -2.39. The summed E-state index contributed by atoms with van der Waals surface area (Å²) in [4.78, 5) is 5.08. The van der Waals surface area contributed by atoms with E-state index in [9.17, 15) is 0 Å². The molecule has 0 unspecified atom stereocenters. The SMILES string of the molecule is CN(C)CC1CCN(CC2(CBr)CCCC2)CC1. The number of halogens is 1. The van der Waals surface area contributed by atoms with E-state index in [1.165, 1.54) is 70.0 Å². The molecule has 3 heteroatoms. The predicted molar refractivity (Wildman–Crippen MR) is 82.4 cm³/mol. The van der Waals surface area contributed by atoms with Crippen molar-refractivity contribution in [3.8, 4) is 0 Å². The lowest BCUT2D eigenvalue weighted by atomic mass is 9.86. The van der Waals surface area contributed by atoms with Gasteiger partial charge in [-0.05, 0) is 64.2 Å². The Morgan fingerprint density at radius 3 is 2.28 bits per heavy atom.